The summed E-state index contributed by atoms with van der Waals surface area (Å²) in [5, 5.41) is 3.52. The van der Waals surface area contributed by atoms with Gasteiger partial charge in [0.25, 0.3) is 0 Å². The van der Waals surface area contributed by atoms with E-state index in [0.29, 0.717) is 0 Å². The van der Waals surface area contributed by atoms with E-state index < -0.39 is 0 Å². The molecule has 1 fully saturated rings. The van der Waals surface area contributed by atoms with Gasteiger partial charge in [-0.1, -0.05) is 17.7 Å². The molecule has 142 valence electrons. The minimum Gasteiger partial charge on any atom is -0.497 e. The van der Waals surface area contributed by atoms with E-state index in [1.165, 1.54) is 11.3 Å². The van der Waals surface area contributed by atoms with Gasteiger partial charge in [0.1, 0.15) is 5.75 Å². The van der Waals surface area contributed by atoms with Gasteiger partial charge >= 0.3 is 0 Å². The molecule has 1 N–H and O–H groups in total. The van der Waals surface area contributed by atoms with Crippen LogP contribution in [0.1, 0.15) is 12.8 Å². The van der Waals surface area contributed by atoms with Crippen molar-refractivity contribution in [1.82, 2.24) is 10.2 Å². The van der Waals surface area contributed by atoms with Crippen molar-refractivity contribution >= 4 is 11.6 Å². The third kappa shape index (κ3) is 4.91. The first-order valence-corrected chi connectivity index (χ1v) is 9.40. The second kappa shape index (κ2) is 9.48. The highest BCUT2D eigenvalue weighted by Gasteiger charge is 2.20. The lowest BCUT2D eigenvalue weighted by atomic mass is 10.1. The van der Waals surface area contributed by atoms with Crippen LogP contribution in [0.25, 0.3) is 0 Å². The van der Waals surface area contributed by atoms with Gasteiger partial charge in [0.05, 0.1) is 20.3 Å². The van der Waals surface area contributed by atoms with Gasteiger partial charge in [-0.05, 0) is 25.0 Å². The van der Waals surface area contributed by atoms with Crippen molar-refractivity contribution in [3.05, 3.63) is 35.9 Å². The molecule has 6 nitrogen and oxygen atoms in total. The number of hydrogen-bond acceptors (Lipinski definition) is 4. The van der Waals surface area contributed by atoms with Crippen LogP contribution in [0.5, 0.6) is 5.75 Å². The highest BCUT2D eigenvalue weighted by atomic mass is 16.5. The molecule has 2 aliphatic heterocycles. The molecule has 0 saturated carbocycles. The van der Waals surface area contributed by atoms with Crippen LogP contribution in [-0.4, -0.2) is 71.0 Å². The molecule has 0 aliphatic carbocycles. The molecule has 0 bridgehead atoms. The van der Waals surface area contributed by atoms with Gasteiger partial charge in [0.15, 0.2) is 5.96 Å². The lowest BCUT2D eigenvalue weighted by molar-refractivity contribution is 0.153. The maximum Gasteiger partial charge on any atom is 0.193 e. The Morgan fingerprint density at radius 1 is 1.27 bits per heavy atom. The molecular formula is C20H30N4O2. The lowest BCUT2D eigenvalue weighted by Gasteiger charge is -2.37. The third-order valence-corrected chi connectivity index (χ3v) is 5.00. The summed E-state index contributed by atoms with van der Waals surface area (Å²) < 4.78 is 10.7. The number of anilines is 1. The fourth-order valence-electron chi connectivity index (χ4n) is 3.44. The number of ether oxygens (including phenoxy) is 2. The monoisotopic (exact) mass is 358 g/mol. The van der Waals surface area contributed by atoms with Crippen molar-refractivity contribution in [1.29, 1.82) is 0 Å². The molecule has 6 heteroatoms. The number of rotatable bonds is 5. The van der Waals surface area contributed by atoms with Crippen LogP contribution in [0.2, 0.25) is 0 Å². The van der Waals surface area contributed by atoms with E-state index in [4.69, 9.17) is 9.47 Å². The van der Waals surface area contributed by atoms with E-state index in [2.05, 4.69) is 38.3 Å². The van der Waals surface area contributed by atoms with Crippen LogP contribution in [0, 0.1) is 0 Å². The molecule has 0 radical (unpaired) electrons. The number of hydrogen-bond donors (Lipinski definition) is 1. The second-order valence-corrected chi connectivity index (χ2v) is 6.59. The van der Waals surface area contributed by atoms with Gasteiger partial charge in [-0.25, -0.2) is 0 Å². The van der Waals surface area contributed by atoms with Gasteiger partial charge in [-0.15, -0.1) is 0 Å². The average Bonchev–Trinajstić information content (AvgIpc) is 2.72. The molecule has 1 aromatic rings. The summed E-state index contributed by atoms with van der Waals surface area (Å²) in [6.45, 7) is 6.44. The van der Waals surface area contributed by atoms with E-state index in [1.807, 2.05) is 19.2 Å². The van der Waals surface area contributed by atoms with Gasteiger partial charge in [0.2, 0.25) is 0 Å². The molecule has 0 unspecified atom stereocenters. The molecule has 1 aromatic carbocycles. The Morgan fingerprint density at radius 2 is 2.12 bits per heavy atom. The van der Waals surface area contributed by atoms with Gasteiger partial charge in [-0.3, -0.25) is 4.99 Å². The summed E-state index contributed by atoms with van der Waals surface area (Å²) in [5.74, 6) is 1.91. The van der Waals surface area contributed by atoms with Crippen LogP contribution < -0.4 is 15.0 Å². The first-order chi connectivity index (χ1) is 12.8. The molecule has 0 spiro atoms. The number of benzene rings is 1. The summed E-state index contributed by atoms with van der Waals surface area (Å²) in [7, 11) is 3.58. The van der Waals surface area contributed by atoms with E-state index in [-0.39, 0.29) is 0 Å². The van der Waals surface area contributed by atoms with E-state index >= 15 is 0 Å². The van der Waals surface area contributed by atoms with Crippen molar-refractivity contribution in [2.75, 3.05) is 65.0 Å². The van der Waals surface area contributed by atoms with Gasteiger partial charge < -0.3 is 24.6 Å². The minimum atomic E-state index is 0.760. The quantitative estimate of drug-likeness (QED) is 0.496. The topological polar surface area (TPSA) is 49.3 Å². The standard InChI is InChI=1S/C20H30N4O2/c1-21-20(22-9-6-17-7-14-26-15-8-17)24-12-10-23(11-13-24)18-4-3-5-19(16-18)25-2/h3-5,7,16H,6,8-15H2,1-2H3,(H,21,22). The Hall–Kier alpha value is -2.21. The first-order valence-electron chi connectivity index (χ1n) is 9.40. The predicted octanol–water partition coefficient (Wildman–Crippen LogP) is 2.13. The normalized spacial score (nSPS) is 18.5. The van der Waals surface area contributed by atoms with Crippen LogP contribution in [0.4, 0.5) is 5.69 Å². The first kappa shape index (κ1) is 18.6. The molecule has 3 rings (SSSR count). The van der Waals surface area contributed by atoms with Crippen molar-refractivity contribution in [3.8, 4) is 5.75 Å². The summed E-state index contributed by atoms with van der Waals surface area (Å²) in [6, 6.07) is 8.28. The predicted molar refractivity (Wildman–Crippen MR) is 106 cm³/mol. The van der Waals surface area contributed by atoms with Crippen molar-refractivity contribution in [3.63, 3.8) is 0 Å². The average molecular weight is 358 g/mol. The number of piperazine rings is 1. The van der Waals surface area contributed by atoms with Crippen molar-refractivity contribution in [2.45, 2.75) is 12.8 Å². The van der Waals surface area contributed by atoms with Gasteiger partial charge in [0, 0.05) is 51.5 Å². The molecule has 0 amide bonds. The zero-order valence-corrected chi connectivity index (χ0v) is 15.9. The second-order valence-electron chi connectivity index (χ2n) is 6.59. The zero-order valence-electron chi connectivity index (χ0n) is 15.9. The lowest BCUT2D eigenvalue weighted by Crippen LogP contribution is -2.52. The number of nitrogens with zero attached hydrogens (tertiary/aromatic N) is 3. The van der Waals surface area contributed by atoms with E-state index in [1.54, 1.807) is 7.11 Å². The maximum atomic E-state index is 5.36. The van der Waals surface area contributed by atoms with Gasteiger partial charge in [-0.2, -0.15) is 0 Å². The Bertz CT molecular complexity index is 636. The summed E-state index contributed by atoms with van der Waals surface area (Å²) in [4.78, 5) is 9.21. The minimum absolute atomic E-state index is 0.760. The number of guanidine groups is 1. The van der Waals surface area contributed by atoms with Crippen LogP contribution in [-0.2, 0) is 4.74 Å². The Labute approximate surface area is 156 Å². The van der Waals surface area contributed by atoms with E-state index in [0.717, 1.165) is 70.5 Å². The smallest absolute Gasteiger partial charge is 0.193 e. The fraction of sp³-hybridized carbons (Fsp3) is 0.550. The summed E-state index contributed by atoms with van der Waals surface area (Å²) >= 11 is 0. The number of methoxy groups -OCH3 is 1. The number of aliphatic imine (C=N–C) groups is 1. The van der Waals surface area contributed by atoms with E-state index in [9.17, 15) is 0 Å². The third-order valence-electron chi connectivity index (χ3n) is 5.00. The Balaban J connectivity index is 1.47. The van der Waals surface area contributed by atoms with Crippen molar-refractivity contribution < 1.29 is 9.47 Å². The highest BCUT2D eigenvalue weighted by molar-refractivity contribution is 5.80. The summed E-state index contributed by atoms with van der Waals surface area (Å²) in [5.41, 5.74) is 2.71. The zero-order chi connectivity index (χ0) is 18.2. The van der Waals surface area contributed by atoms with Crippen LogP contribution >= 0.6 is 0 Å². The molecule has 2 aliphatic rings. The van der Waals surface area contributed by atoms with Crippen molar-refractivity contribution in [2.24, 2.45) is 4.99 Å². The molecule has 0 aromatic heterocycles. The van der Waals surface area contributed by atoms with Crippen LogP contribution in [0.3, 0.4) is 0 Å². The molecule has 26 heavy (non-hydrogen) atoms. The molecule has 2 heterocycles. The largest absolute Gasteiger partial charge is 0.497 e. The fourth-order valence-corrected chi connectivity index (χ4v) is 3.44. The Morgan fingerprint density at radius 3 is 2.81 bits per heavy atom. The number of nitrogens with one attached hydrogen (secondary N) is 1. The SMILES string of the molecule is CN=C(NCCC1=CCOCC1)N1CCN(c2cccc(OC)c2)CC1. The Kier molecular flexibility index (Phi) is 6.77. The molecule has 0 atom stereocenters. The maximum absolute atomic E-state index is 5.36. The highest BCUT2D eigenvalue weighted by Crippen LogP contribution is 2.22. The van der Waals surface area contributed by atoms with Crippen LogP contribution in [0.15, 0.2) is 40.9 Å². The summed E-state index contributed by atoms with van der Waals surface area (Å²) in [6.07, 6.45) is 4.33. The molecule has 1 saturated heterocycles. The molecular weight excluding hydrogens is 328 g/mol.